The van der Waals surface area contributed by atoms with Crippen molar-refractivity contribution < 1.29 is 23.9 Å². The molecule has 3 rings (SSSR count). The number of thiazole rings is 1. The summed E-state index contributed by atoms with van der Waals surface area (Å²) >= 11 is 4.89. The van der Waals surface area contributed by atoms with E-state index in [1.807, 2.05) is 18.4 Å². The van der Waals surface area contributed by atoms with Crippen LogP contribution < -0.4 is 9.47 Å². The summed E-state index contributed by atoms with van der Waals surface area (Å²) in [4.78, 5) is 26.1. The average Bonchev–Trinajstić information content (AvgIpc) is 3.21. The zero-order chi connectivity index (χ0) is 21.7. The fourth-order valence-corrected chi connectivity index (χ4v) is 3.65. The Morgan fingerprint density at radius 3 is 2.60 bits per heavy atom. The van der Waals surface area contributed by atoms with Gasteiger partial charge in [0.15, 0.2) is 6.61 Å². The third-order valence-electron chi connectivity index (χ3n) is 4.08. The van der Waals surface area contributed by atoms with Gasteiger partial charge in [-0.15, -0.1) is 11.3 Å². The van der Waals surface area contributed by atoms with Crippen LogP contribution in [0, 0.1) is 17.0 Å². The number of nitrogens with zero attached hydrogens (tertiary/aromatic N) is 2. The van der Waals surface area contributed by atoms with Crippen molar-refractivity contribution in [2.24, 2.45) is 0 Å². The molecule has 0 spiro atoms. The molecule has 30 heavy (non-hydrogen) atoms. The van der Waals surface area contributed by atoms with Crippen LogP contribution in [0.4, 0.5) is 5.69 Å². The highest BCUT2D eigenvalue weighted by Crippen LogP contribution is 2.33. The Morgan fingerprint density at radius 2 is 1.93 bits per heavy atom. The Kier molecular flexibility index (Phi) is 7.01. The van der Waals surface area contributed by atoms with E-state index in [2.05, 4.69) is 25.7 Å². The molecule has 8 nitrogen and oxygen atoms in total. The van der Waals surface area contributed by atoms with Gasteiger partial charge in [0.05, 0.1) is 22.2 Å². The third kappa shape index (κ3) is 5.33. The van der Waals surface area contributed by atoms with Crippen LogP contribution in [0.5, 0.6) is 11.5 Å². The molecule has 0 aliphatic carbocycles. The van der Waals surface area contributed by atoms with Gasteiger partial charge in [-0.25, -0.2) is 9.78 Å². The Hall–Kier alpha value is -2.98. The molecule has 3 aromatic rings. The maximum absolute atomic E-state index is 11.2. The number of hydrogen-bond acceptors (Lipinski definition) is 8. The maximum atomic E-state index is 11.2. The van der Waals surface area contributed by atoms with Gasteiger partial charge in [-0.2, -0.15) is 0 Å². The molecular weight excluding hydrogens is 476 g/mol. The third-order valence-corrected chi connectivity index (χ3v) is 5.52. The first-order valence-corrected chi connectivity index (χ1v) is 10.4. The van der Waals surface area contributed by atoms with Crippen LogP contribution in [-0.4, -0.2) is 29.6 Å². The summed E-state index contributed by atoms with van der Waals surface area (Å²) in [6, 6.07) is 9.79. The number of carbonyl (C=O) groups is 1. The molecule has 0 N–H and O–H groups in total. The lowest BCUT2D eigenvalue weighted by molar-refractivity contribution is -0.384. The van der Waals surface area contributed by atoms with E-state index in [4.69, 9.17) is 9.47 Å². The molecule has 0 bridgehead atoms. The quantitative estimate of drug-likeness (QED) is 0.249. The predicted octanol–water partition coefficient (Wildman–Crippen LogP) is 4.92. The van der Waals surface area contributed by atoms with Crippen molar-refractivity contribution in [1.82, 2.24) is 4.98 Å². The fourth-order valence-electron chi connectivity index (χ4n) is 2.50. The number of rotatable bonds is 8. The van der Waals surface area contributed by atoms with Crippen molar-refractivity contribution >= 4 is 38.9 Å². The maximum Gasteiger partial charge on any atom is 0.343 e. The van der Waals surface area contributed by atoms with Gasteiger partial charge in [0.1, 0.15) is 23.1 Å². The van der Waals surface area contributed by atoms with Gasteiger partial charge in [0.25, 0.3) is 5.69 Å². The number of aromatic nitrogens is 1. The number of ether oxygens (including phenoxy) is 3. The molecule has 0 saturated heterocycles. The summed E-state index contributed by atoms with van der Waals surface area (Å²) in [7, 11) is 1.30. The normalized spacial score (nSPS) is 10.5. The highest BCUT2D eigenvalue weighted by Gasteiger charge is 2.12. The summed E-state index contributed by atoms with van der Waals surface area (Å²) in [5, 5.41) is 13.4. The highest BCUT2D eigenvalue weighted by atomic mass is 79.9. The van der Waals surface area contributed by atoms with Crippen LogP contribution in [-0.2, 0) is 16.1 Å². The van der Waals surface area contributed by atoms with Crippen LogP contribution in [0.25, 0.3) is 11.3 Å². The highest BCUT2D eigenvalue weighted by molar-refractivity contribution is 9.10. The minimum atomic E-state index is -0.460. The SMILES string of the molecule is COC(=O)COc1cc(Br)c(OCc2nc(-c3ccc([N+](=O)[O-])cc3)cs2)cc1C. The van der Waals surface area contributed by atoms with Gasteiger partial charge >= 0.3 is 5.97 Å². The van der Waals surface area contributed by atoms with E-state index in [0.29, 0.717) is 16.0 Å². The van der Waals surface area contributed by atoms with Gasteiger partial charge < -0.3 is 14.2 Å². The Morgan fingerprint density at radius 1 is 1.20 bits per heavy atom. The standard InChI is InChI=1S/C20H17BrN2O6S/c1-12-7-18(15(21)8-17(12)29-10-20(24)27-2)28-9-19-22-16(11-30-19)13-3-5-14(6-4-13)23(25)26/h3-8,11H,9-10H2,1-2H3. The van der Waals surface area contributed by atoms with Gasteiger partial charge in [0, 0.05) is 23.1 Å². The number of carbonyl (C=O) groups excluding carboxylic acids is 1. The molecule has 1 aromatic heterocycles. The molecule has 0 saturated carbocycles. The molecule has 0 aliphatic heterocycles. The number of hydrogen-bond donors (Lipinski definition) is 0. The lowest BCUT2D eigenvalue weighted by Gasteiger charge is -2.12. The number of nitro groups is 1. The first-order chi connectivity index (χ1) is 14.4. The summed E-state index contributed by atoms with van der Waals surface area (Å²) in [5.74, 6) is 0.706. The molecule has 0 fully saturated rings. The number of aryl methyl sites for hydroxylation is 1. The fraction of sp³-hybridized carbons (Fsp3) is 0.200. The second-order valence-electron chi connectivity index (χ2n) is 6.13. The van der Waals surface area contributed by atoms with Crippen molar-refractivity contribution in [3.63, 3.8) is 0 Å². The van der Waals surface area contributed by atoms with Gasteiger partial charge in [-0.1, -0.05) is 0 Å². The van der Waals surface area contributed by atoms with Gasteiger partial charge in [-0.05, 0) is 52.7 Å². The molecule has 0 radical (unpaired) electrons. The van der Waals surface area contributed by atoms with Crippen molar-refractivity contribution in [1.29, 1.82) is 0 Å². The van der Waals surface area contributed by atoms with E-state index in [1.165, 1.54) is 30.6 Å². The molecule has 0 unspecified atom stereocenters. The number of halogens is 1. The van der Waals surface area contributed by atoms with E-state index < -0.39 is 10.9 Å². The topological polar surface area (TPSA) is 101 Å². The van der Waals surface area contributed by atoms with Crippen molar-refractivity contribution in [2.75, 3.05) is 13.7 Å². The minimum absolute atomic E-state index is 0.0387. The first kappa shape index (κ1) is 21.7. The van der Waals surface area contributed by atoms with Crippen molar-refractivity contribution in [2.45, 2.75) is 13.5 Å². The molecule has 0 atom stereocenters. The molecule has 10 heteroatoms. The van der Waals surface area contributed by atoms with E-state index in [0.717, 1.165) is 21.8 Å². The van der Waals surface area contributed by atoms with Crippen LogP contribution in [0.2, 0.25) is 0 Å². The van der Waals surface area contributed by atoms with Crippen molar-refractivity contribution in [3.05, 3.63) is 66.9 Å². The van der Waals surface area contributed by atoms with E-state index in [-0.39, 0.29) is 18.9 Å². The minimum Gasteiger partial charge on any atom is -0.485 e. The van der Waals surface area contributed by atoms with Crippen LogP contribution in [0.15, 0.2) is 46.3 Å². The molecule has 0 aliphatic rings. The second kappa shape index (κ2) is 9.68. The van der Waals surface area contributed by atoms with Gasteiger partial charge in [-0.3, -0.25) is 10.1 Å². The van der Waals surface area contributed by atoms with Crippen LogP contribution in [0.1, 0.15) is 10.6 Å². The van der Waals surface area contributed by atoms with Crippen molar-refractivity contribution in [3.8, 4) is 22.8 Å². The lowest BCUT2D eigenvalue weighted by atomic mass is 10.1. The van der Waals surface area contributed by atoms with Crippen LogP contribution in [0.3, 0.4) is 0 Å². The van der Waals surface area contributed by atoms with E-state index in [9.17, 15) is 14.9 Å². The number of benzene rings is 2. The van der Waals surface area contributed by atoms with E-state index >= 15 is 0 Å². The molecule has 156 valence electrons. The lowest BCUT2D eigenvalue weighted by Crippen LogP contribution is -2.13. The number of methoxy groups -OCH3 is 1. The second-order valence-corrected chi connectivity index (χ2v) is 7.93. The average molecular weight is 493 g/mol. The monoisotopic (exact) mass is 492 g/mol. The summed E-state index contributed by atoms with van der Waals surface area (Å²) in [6.45, 7) is 1.94. The van der Waals surface area contributed by atoms with E-state index in [1.54, 1.807) is 18.2 Å². The zero-order valence-corrected chi connectivity index (χ0v) is 18.5. The molecule has 2 aromatic carbocycles. The largest absolute Gasteiger partial charge is 0.485 e. The first-order valence-electron chi connectivity index (χ1n) is 8.69. The summed E-state index contributed by atoms with van der Waals surface area (Å²) in [5.41, 5.74) is 2.38. The Bertz CT molecular complexity index is 1070. The summed E-state index contributed by atoms with van der Waals surface area (Å²) < 4.78 is 16.6. The van der Waals surface area contributed by atoms with Gasteiger partial charge in [0.2, 0.25) is 0 Å². The number of esters is 1. The van der Waals surface area contributed by atoms with Crippen LogP contribution >= 0.6 is 27.3 Å². The Labute approximate surface area is 184 Å². The number of nitro benzene ring substituents is 1. The zero-order valence-electron chi connectivity index (χ0n) is 16.1. The smallest absolute Gasteiger partial charge is 0.343 e. The molecular formula is C20H17BrN2O6S. The predicted molar refractivity (Wildman–Crippen MR) is 115 cm³/mol. The Balaban J connectivity index is 1.65. The molecule has 1 heterocycles. The number of non-ortho nitro benzene ring substituents is 1. The summed E-state index contributed by atoms with van der Waals surface area (Å²) in [6.07, 6.45) is 0. The molecule has 0 amide bonds.